The highest BCUT2D eigenvalue weighted by atomic mass is 32.4. The molecule has 0 heterocycles. The third-order valence-electron chi connectivity index (χ3n) is 2.40. The van der Waals surface area contributed by atoms with Gasteiger partial charge >= 0.3 is 0 Å². The first-order valence-corrected chi connectivity index (χ1v) is 8.54. The van der Waals surface area contributed by atoms with E-state index in [-0.39, 0.29) is 5.71 Å². The summed E-state index contributed by atoms with van der Waals surface area (Å²) in [6, 6.07) is 11.3. The number of hydrogen-bond donors (Lipinski definition) is 0. The van der Waals surface area contributed by atoms with E-state index in [1.807, 2.05) is 50.2 Å². The molecule has 1 aromatic carbocycles. The molecule has 1 aromatic rings. The van der Waals surface area contributed by atoms with Crippen molar-refractivity contribution in [1.82, 2.24) is 0 Å². The fourth-order valence-corrected chi connectivity index (χ4v) is 2.20. The zero-order chi connectivity index (χ0) is 12.7. The van der Waals surface area contributed by atoms with E-state index >= 15 is 0 Å². The van der Waals surface area contributed by atoms with Crippen molar-refractivity contribution in [3.8, 4) is 6.07 Å². The van der Waals surface area contributed by atoms with Gasteiger partial charge in [0.2, 0.25) is 0 Å². The SMILES string of the molecule is CCP(=S)(CC)O/N=C(/C#N)c1ccccc1. The van der Waals surface area contributed by atoms with Crippen LogP contribution < -0.4 is 0 Å². The minimum absolute atomic E-state index is 0.279. The lowest BCUT2D eigenvalue weighted by Gasteiger charge is -2.14. The number of hydrogen-bond acceptors (Lipinski definition) is 4. The van der Waals surface area contributed by atoms with Crippen molar-refractivity contribution in [3.05, 3.63) is 35.9 Å². The van der Waals surface area contributed by atoms with E-state index in [0.29, 0.717) is 0 Å². The van der Waals surface area contributed by atoms with Crippen LogP contribution in [0.15, 0.2) is 35.5 Å². The molecular weight excluding hydrogens is 251 g/mol. The number of nitriles is 1. The fourth-order valence-electron chi connectivity index (χ4n) is 1.19. The molecule has 0 aliphatic rings. The van der Waals surface area contributed by atoms with Crippen molar-refractivity contribution in [2.75, 3.05) is 12.3 Å². The van der Waals surface area contributed by atoms with Gasteiger partial charge in [0.05, 0.1) is 0 Å². The Morgan fingerprint density at radius 2 is 1.94 bits per heavy atom. The summed E-state index contributed by atoms with van der Waals surface area (Å²) in [5.74, 6) is 0. The molecule has 0 aliphatic carbocycles. The van der Waals surface area contributed by atoms with Gasteiger partial charge in [-0.2, -0.15) is 5.26 Å². The van der Waals surface area contributed by atoms with Crippen LogP contribution in [-0.4, -0.2) is 18.0 Å². The number of benzene rings is 1. The maximum atomic E-state index is 9.04. The van der Waals surface area contributed by atoms with Crippen LogP contribution in [0.4, 0.5) is 0 Å². The third-order valence-corrected chi connectivity index (χ3v) is 6.45. The van der Waals surface area contributed by atoms with Crippen LogP contribution in [0.5, 0.6) is 0 Å². The van der Waals surface area contributed by atoms with E-state index in [9.17, 15) is 0 Å². The fraction of sp³-hybridized carbons (Fsp3) is 0.333. The molecule has 0 radical (unpaired) electrons. The van der Waals surface area contributed by atoms with Gasteiger partial charge in [-0.15, -0.1) is 0 Å². The second-order valence-electron chi connectivity index (χ2n) is 3.45. The summed E-state index contributed by atoms with van der Waals surface area (Å²) in [4.78, 5) is 0. The highest BCUT2D eigenvalue weighted by molar-refractivity contribution is 8.12. The Hall–Kier alpha value is -1.17. The summed E-state index contributed by atoms with van der Waals surface area (Å²) in [5, 5.41) is 13.0. The quantitative estimate of drug-likeness (QED) is 0.466. The van der Waals surface area contributed by atoms with Crippen LogP contribution in [0.2, 0.25) is 0 Å². The summed E-state index contributed by atoms with van der Waals surface area (Å²) in [7, 11) is 0. The summed E-state index contributed by atoms with van der Waals surface area (Å²) in [5.41, 5.74) is 1.03. The minimum Gasteiger partial charge on any atom is -0.368 e. The molecule has 0 amide bonds. The zero-order valence-corrected chi connectivity index (χ0v) is 11.7. The Labute approximate surface area is 107 Å². The Morgan fingerprint density at radius 3 is 2.41 bits per heavy atom. The van der Waals surface area contributed by atoms with E-state index in [4.69, 9.17) is 21.7 Å². The smallest absolute Gasteiger partial charge is 0.187 e. The van der Waals surface area contributed by atoms with E-state index in [2.05, 4.69) is 5.16 Å². The highest BCUT2D eigenvalue weighted by Crippen LogP contribution is 2.46. The average Bonchev–Trinajstić information content (AvgIpc) is 2.40. The Balaban J connectivity index is 2.91. The van der Waals surface area contributed by atoms with Crippen LogP contribution in [0.1, 0.15) is 19.4 Å². The molecule has 0 aromatic heterocycles. The lowest BCUT2D eigenvalue weighted by atomic mass is 10.1. The Bertz CT molecular complexity index is 471. The molecule has 0 bridgehead atoms. The Morgan fingerprint density at radius 1 is 1.35 bits per heavy atom. The maximum Gasteiger partial charge on any atom is 0.187 e. The van der Waals surface area contributed by atoms with Gasteiger partial charge in [0.25, 0.3) is 0 Å². The van der Waals surface area contributed by atoms with Crippen LogP contribution in [0.3, 0.4) is 0 Å². The normalized spacial score (nSPS) is 11.9. The van der Waals surface area contributed by atoms with Crippen molar-refractivity contribution >= 4 is 23.8 Å². The van der Waals surface area contributed by atoms with Gasteiger partial charge in [0, 0.05) is 17.9 Å². The molecule has 0 spiro atoms. The molecule has 90 valence electrons. The molecule has 0 atom stereocenters. The summed E-state index contributed by atoms with van der Waals surface area (Å²) >= 11 is 5.39. The van der Waals surface area contributed by atoms with Gasteiger partial charge in [-0.25, -0.2) is 0 Å². The van der Waals surface area contributed by atoms with Gasteiger partial charge in [-0.3, -0.25) is 0 Å². The number of nitrogens with zero attached hydrogens (tertiary/aromatic N) is 2. The molecule has 0 unspecified atom stereocenters. The van der Waals surface area contributed by atoms with Crippen molar-refractivity contribution < 1.29 is 4.62 Å². The summed E-state index contributed by atoms with van der Waals surface area (Å²) in [6.45, 7) is 3.99. The number of oxime groups is 1. The van der Waals surface area contributed by atoms with E-state index in [0.717, 1.165) is 17.9 Å². The maximum absolute atomic E-state index is 9.04. The van der Waals surface area contributed by atoms with Gasteiger partial charge in [0.15, 0.2) is 5.71 Å². The van der Waals surface area contributed by atoms with Crippen LogP contribution in [-0.2, 0) is 16.4 Å². The van der Waals surface area contributed by atoms with Crippen LogP contribution >= 0.6 is 6.26 Å². The van der Waals surface area contributed by atoms with Gasteiger partial charge in [-0.1, -0.05) is 61.1 Å². The van der Waals surface area contributed by atoms with Crippen LogP contribution in [0, 0.1) is 11.3 Å². The monoisotopic (exact) mass is 266 g/mol. The molecule has 0 saturated heterocycles. The second-order valence-corrected chi connectivity index (χ2v) is 8.50. The average molecular weight is 266 g/mol. The first kappa shape index (κ1) is 13.9. The summed E-state index contributed by atoms with van der Waals surface area (Å²) < 4.78 is 5.43. The van der Waals surface area contributed by atoms with Gasteiger partial charge in [-0.05, 0) is 0 Å². The first-order chi connectivity index (χ1) is 8.15. The highest BCUT2D eigenvalue weighted by Gasteiger charge is 2.14. The molecule has 0 saturated carbocycles. The van der Waals surface area contributed by atoms with Crippen molar-refractivity contribution in [1.29, 1.82) is 5.26 Å². The Kier molecular flexibility index (Phi) is 5.34. The van der Waals surface area contributed by atoms with Crippen molar-refractivity contribution in [2.45, 2.75) is 13.8 Å². The van der Waals surface area contributed by atoms with E-state index in [1.54, 1.807) is 0 Å². The van der Waals surface area contributed by atoms with Gasteiger partial charge in [0.1, 0.15) is 12.3 Å². The second kappa shape index (κ2) is 6.54. The molecule has 1 rings (SSSR count). The standard InChI is InChI=1S/C12H15N2OPS/c1-3-16(17,4-2)15-14-12(10-13)11-8-6-5-7-9-11/h5-9H,3-4H2,1-2H3/b14-12-. The van der Waals surface area contributed by atoms with E-state index < -0.39 is 6.26 Å². The van der Waals surface area contributed by atoms with Crippen LogP contribution in [0.25, 0.3) is 0 Å². The molecule has 0 N–H and O–H groups in total. The molecule has 0 aliphatic heterocycles. The third kappa shape index (κ3) is 3.96. The zero-order valence-electron chi connectivity index (χ0n) is 9.96. The molecule has 3 nitrogen and oxygen atoms in total. The summed E-state index contributed by atoms with van der Waals surface area (Å²) in [6.07, 6.45) is -0.299. The minimum atomic E-state index is -1.87. The lowest BCUT2D eigenvalue weighted by Crippen LogP contribution is -1.99. The van der Waals surface area contributed by atoms with Crippen molar-refractivity contribution in [2.24, 2.45) is 5.16 Å². The number of rotatable bonds is 5. The molecule has 5 heteroatoms. The molecule has 0 fully saturated rings. The predicted molar refractivity (Wildman–Crippen MR) is 75.0 cm³/mol. The van der Waals surface area contributed by atoms with E-state index in [1.165, 1.54) is 0 Å². The predicted octanol–water partition coefficient (Wildman–Crippen LogP) is 3.37. The van der Waals surface area contributed by atoms with Crippen molar-refractivity contribution in [3.63, 3.8) is 0 Å². The first-order valence-electron chi connectivity index (χ1n) is 5.45. The molecular formula is C12H15N2OPS. The largest absolute Gasteiger partial charge is 0.368 e. The van der Waals surface area contributed by atoms with Gasteiger partial charge < -0.3 is 4.62 Å². The topological polar surface area (TPSA) is 45.4 Å². The molecule has 17 heavy (non-hydrogen) atoms. The lowest BCUT2D eigenvalue weighted by molar-refractivity contribution is 0.380.